The number of benzene rings is 2. The highest BCUT2D eigenvalue weighted by Gasteiger charge is 2.28. The molecule has 0 bridgehead atoms. The number of carbonyl (C=O) groups is 1. The average molecular weight is 414 g/mol. The summed E-state index contributed by atoms with van der Waals surface area (Å²) in [5.74, 6) is 0.757. The Morgan fingerprint density at radius 3 is 2.58 bits per heavy atom. The van der Waals surface area contributed by atoms with E-state index in [1.807, 2.05) is 70.2 Å². The Balaban J connectivity index is 1.19. The van der Waals surface area contributed by atoms with E-state index in [0.29, 0.717) is 24.8 Å². The first-order valence-electron chi connectivity index (χ1n) is 10.2. The molecule has 1 fully saturated rings. The first kappa shape index (κ1) is 19.0. The summed E-state index contributed by atoms with van der Waals surface area (Å²) in [5, 5.41) is 22.1. The summed E-state index contributed by atoms with van der Waals surface area (Å²) in [6, 6.07) is 17.6. The number of hydrogen-bond donors (Lipinski definition) is 2. The molecule has 2 aromatic carbocycles. The summed E-state index contributed by atoms with van der Waals surface area (Å²) >= 11 is 0. The Labute approximate surface area is 179 Å². The molecule has 31 heavy (non-hydrogen) atoms. The maximum Gasteiger partial charge on any atom is 0.319 e. The first-order valence-corrected chi connectivity index (χ1v) is 10.2. The summed E-state index contributed by atoms with van der Waals surface area (Å²) in [6.45, 7) is 1.09. The van der Waals surface area contributed by atoms with Crippen molar-refractivity contribution in [3.8, 4) is 11.4 Å². The second-order valence-electron chi connectivity index (χ2n) is 7.54. The van der Waals surface area contributed by atoms with Crippen LogP contribution in [0.5, 0.6) is 0 Å². The second kappa shape index (κ2) is 8.39. The fourth-order valence-electron chi connectivity index (χ4n) is 3.45. The molecule has 0 aliphatic heterocycles. The van der Waals surface area contributed by atoms with Gasteiger partial charge in [-0.1, -0.05) is 24.3 Å². The van der Waals surface area contributed by atoms with Gasteiger partial charge in [-0.3, -0.25) is 4.68 Å². The van der Waals surface area contributed by atoms with Crippen molar-refractivity contribution in [2.75, 3.05) is 5.32 Å². The molecule has 0 atom stereocenters. The molecule has 1 aliphatic carbocycles. The highest BCUT2D eigenvalue weighted by atomic mass is 16.2. The van der Waals surface area contributed by atoms with E-state index in [9.17, 15) is 4.79 Å². The SMILES string of the molecule is O=C(NCc1ccccc1Cn1cccn1)Nc1ccc(-c2nnnn2C2CC2)cc1. The van der Waals surface area contributed by atoms with Crippen LogP contribution in [-0.2, 0) is 13.1 Å². The Hall–Kier alpha value is -4.01. The van der Waals surface area contributed by atoms with Gasteiger partial charge in [-0.15, -0.1) is 5.10 Å². The quantitative estimate of drug-likeness (QED) is 0.483. The molecule has 2 aromatic heterocycles. The lowest BCUT2D eigenvalue weighted by Crippen LogP contribution is -2.28. The Kier molecular flexibility index (Phi) is 5.14. The van der Waals surface area contributed by atoms with Crippen molar-refractivity contribution < 1.29 is 4.79 Å². The molecule has 0 unspecified atom stereocenters. The van der Waals surface area contributed by atoms with E-state index in [4.69, 9.17) is 0 Å². The maximum atomic E-state index is 12.4. The lowest BCUT2D eigenvalue weighted by molar-refractivity contribution is 0.251. The predicted molar refractivity (Wildman–Crippen MR) is 115 cm³/mol. The first-order chi connectivity index (χ1) is 15.3. The number of rotatable bonds is 7. The highest BCUT2D eigenvalue weighted by molar-refractivity contribution is 5.89. The van der Waals surface area contributed by atoms with Gasteiger partial charge in [-0.2, -0.15) is 5.10 Å². The Morgan fingerprint density at radius 2 is 1.84 bits per heavy atom. The molecule has 4 aromatic rings. The zero-order valence-corrected chi connectivity index (χ0v) is 16.8. The number of tetrazole rings is 1. The molecular weight excluding hydrogens is 392 g/mol. The Morgan fingerprint density at radius 1 is 1.03 bits per heavy atom. The van der Waals surface area contributed by atoms with Gasteiger partial charge in [0.1, 0.15) is 0 Å². The van der Waals surface area contributed by atoms with Gasteiger partial charge < -0.3 is 10.6 Å². The minimum absolute atomic E-state index is 0.260. The van der Waals surface area contributed by atoms with Crippen molar-refractivity contribution in [1.82, 2.24) is 35.3 Å². The van der Waals surface area contributed by atoms with Crippen molar-refractivity contribution in [2.24, 2.45) is 0 Å². The van der Waals surface area contributed by atoms with Gasteiger partial charge in [0, 0.05) is 30.2 Å². The number of anilines is 1. The van der Waals surface area contributed by atoms with E-state index in [1.165, 1.54) is 0 Å². The van der Waals surface area contributed by atoms with Crippen LogP contribution in [0.4, 0.5) is 10.5 Å². The predicted octanol–water partition coefficient (Wildman–Crippen LogP) is 3.24. The summed E-state index contributed by atoms with van der Waals surface area (Å²) in [7, 11) is 0. The van der Waals surface area contributed by atoms with Crippen molar-refractivity contribution >= 4 is 11.7 Å². The minimum Gasteiger partial charge on any atom is -0.334 e. The van der Waals surface area contributed by atoms with Crippen molar-refractivity contribution in [3.05, 3.63) is 78.1 Å². The van der Waals surface area contributed by atoms with Crippen molar-refractivity contribution in [1.29, 1.82) is 0 Å². The van der Waals surface area contributed by atoms with Crippen LogP contribution in [0.15, 0.2) is 67.0 Å². The minimum atomic E-state index is -0.260. The van der Waals surface area contributed by atoms with Crippen LogP contribution in [0.1, 0.15) is 30.0 Å². The van der Waals surface area contributed by atoms with E-state index in [2.05, 4.69) is 31.3 Å². The smallest absolute Gasteiger partial charge is 0.319 e. The van der Waals surface area contributed by atoms with Gasteiger partial charge in [0.05, 0.1) is 12.6 Å². The molecule has 9 nitrogen and oxygen atoms in total. The van der Waals surface area contributed by atoms with E-state index in [-0.39, 0.29) is 6.03 Å². The molecule has 0 radical (unpaired) electrons. The number of aromatic nitrogens is 6. The highest BCUT2D eigenvalue weighted by Crippen LogP contribution is 2.36. The largest absolute Gasteiger partial charge is 0.334 e. The Bertz CT molecular complexity index is 1160. The summed E-state index contributed by atoms with van der Waals surface area (Å²) in [4.78, 5) is 12.4. The third-order valence-electron chi connectivity index (χ3n) is 5.24. The van der Waals surface area contributed by atoms with E-state index >= 15 is 0 Å². The van der Waals surface area contributed by atoms with Gasteiger partial charge in [0.2, 0.25) is 0 Å². The molecule has 2 heterocycles. The number of nitrogens with one attached hydrogen (secondary N) is 2. The topological polar surface area (TPSA) is 103 Å². The fourth-order valence-corrected chi connectivity index (χ4v) is 3.45. The number of carbonyl (C=O) groups excluding carboxylic acids is 1. The third kappa shape index (κ3) is 4.45. The number of urea groups is 1. The molecule has 156 valence electrons. The maximum absolute atomic E-state index is 12.4. The lowest BCUT2D eigenvalue weighted by Gasteiger charge is -2.12. The number of amides is 2. The average Bonchev–Trinajstić information content (AvgIpc) is 3.29. The van der Waals surface area contributed by atoms with Crippen LogP contribution >= 0.6 is 0 Å². The molecule has 2 amide bonds. The standard InChI is InChI=1S/C22H22N8O/c31-22(23-14-17-4-1-2-5-18(17)15-29-13-3-12-24-29)25-19-8-6-16(7-9-19)21-26-27-28-30(21)20-10-11-20/h1-9,12-13,20H,10-11,14-15H2,(H2,23,25,31). The molecule has 5 rings (SSSR count). The molecule has 1 saturated carbocycles. The van der Waals surface area contributed by atoms with E-state index in [0.717, 1.165) is 35.4 Å². The second-order valence-corrected chi connectivity index (χ2v) is 7.54. The summed E-state index contributed by atoms with van der Waals surface area (Å²) < 4.78 is 3.73. The van der Waals surface area contributed by atoms with Gasteiger partial charge in [-0.05, 0) is 64.7 Å². The van der Waals surface area contributed by atoms with Crippen molar-refractivity contribution in [2.45, 2.75) is 32.0 Å². The van der Waals surface area contributed by atoms with Crippen molar-refractivity contribution in [3.63, 3.8) is 0 Å². The van der Waals surface area contributed by atoms with Crippen LogP contribution in [0, 0.1) is 0 Å². The van der Waals surface area contributed by atoms with Gasteiger partial charge in [-0.25, -0.2) is 9.48 Å². The van der Waals surface area contributed by atoms with Crippen LogP contribution in [0.25, 0.3) is 11.4 Å². The molecular formula is C22H22N8O. The van der Waals surface area contributed by atoms with E-state index < -0.39 is 0 Å². The van der Waals surface area contributed by atoms with Crippen LogP contribution < -0.4 is 10.6 Å². The zero-order chi connectivity index (χ0) is 21.0. The third-order valence-corrected chi connectivity index (χ3v) is 5.24. The molecule has 0 spiro atoms. The van der Waals surface area contributed by atoms with Gasteiger partial charge in [0.25, 0.3) is 0 Å². The number of hydrogen-bond acceptors (Lipinski definition) is 5. The van der Waals surface area contributed by atoms with Gasteiger partial charge in [0.15, 0.2) is 5.82 Å². The number of nitrogens with zero attached hydrogens (tertiary/aromatic N) is 6. The fraction of sp³-hybridized carbons (Fsp3) is 0.227. The van der Waals surface area contributed by atoms with Crippen LogP contribution in [0.2, 0.25) is 0 Å². The monoisotopic (exact) mass is 414 g/mol. The zero-order valence-electron chi connectivity index (χ0n) is 16.8. The molecule has 9 heteroatoms. The van der Waals surface area contributed by atoms with E-state index in [1.54, 1.807) is 6.20 Å². The van der Waals surface area contributed by atoms with Crippen LogP contribution in [-0.4, -0.2) is 36.0 Å². The molecule has 0 saturated heterocycles. The lowest BCUT2D eigenvalue weighted by atomic mass is 10.1. The van der Waals surface area contributed by atoms with Crippen LogP contribution in [0.3, 0.4) is 0 Å². The summed E-state index contributed by atoms with van der Waals surface area (Å²) in [6.07, 6.45) is 5.90. The molecule has 2 N–H and O–H groups in total. The normalized spacial score (nSPS) is 13.2. The summed E-state index contributed by atoms with van der Waals surface area (Å²) in [5.41, 5.74) is 3.80. The molecule has 1 aliphatic rings. The van der Waals surface area contributed by atoms with Gasteiger partial charge >= 0.3 is 6.03 Å².